The summed E-state index contributed by atoms with van der Waals surface area (Å²) in [6.07, 6.45) is 2.45. The quantitative estimate of drug-likeness (QED) is 0.544. The molecule has 2 heterocycles. The molecule has 2 aliphatic rings. The number of amidine groups is 1. The minimum Gasteiger partial charge on any atom is -0.493 e. The van der Waals surface area contributed by atoms with Crippen LogP contribution in [0, 0.1) is 10.8 Å². The van der Waals surface area contributed by atoms with Crippen LogP contribution in [-0.4, -0.2) is 32.3 Å². The number of hydrogen-bond acceptors (Lipinski definition) is 5. The summed E-state index contributed by atoms with van der Waals surface area (Å²) >= 11 is 0. The van der Waals surface area contributed by atoms with E-state index in [1.807, 2.05) is 24.3 Å². The van der Waals surface area contributed by atoms with Crippen molar-refractivity contribution < 1.29 is 14.2 Å². The van der Waals surface area contributed by atoms with Gasteiger partial charge in [0.25, 0.3) is 6.02 Å². The Morgan fingerprint density at radius 1 is 1.10 bits per heavy atom. The predicted octanol–water partition coefficient (Wildman–Crippen LogP) is 4.86. The topological polar surface area (TPSA) is 80.8 Å². The van der Waals surface area contributed by atoms with Crippen molar-refractivity contribution in [3.63, 3.8) is 0 Å². The van der Waals surface area contributed by atoms with Crippen molar-refractivity contribution >= 4 is 11.7 Å². The molecule has 0 saturated carbocycles. The molecule has 6 nitrogen and oxygen atoms in total. The predicted molar refractivity (Wildman–Crippen MR) is 119 cm³/mol. The van der Waals surface area contributed by atoms with Crippen LogP contribution in [0.25, 0.3) is 0 Å². The summed E-state index contributed by atoms with van der Waals surface area (Å²) in [7, 11) is 0. The van der Waals surface area contributed by atoms with E-state index in [-0.39, 0.29) is 24.0 Å². The van der Waals surface area contributed by atoms with E-state index in [9.17, 15) is 0 Å². The first-order valence-electron chi connectivity index (χ1n) is 10.6. The highest BCUT2D eigenvalue weighted by atomic mass is 16.5. The van der Waals surface area contributed by atoms with Crippen LogP contribution < -0.4 is 20.1 Å². The second-order valence-corrected chi connectivity index (χ2v) is 9.30. The third-order valence-corrected chi connectivity index (χ3v) is 5.49. The maximum Gasteiger partial charge on any atom is 0.279 e. The Morgan fingerprint density at radius 2 is 1.77 bits per heavy atom. The number of nitrogens with two attached hydrogens (primary N) is 1. The highest BCUT2D eigenvalue weighted by Crippen LogP contribution is 2.47. The van der Waals surface area contributed by atoms with Gasteiger partial charge in [-0.05, 0) is 54.7 Å². The molecule has 1 fully saturated rings. The molecule has 160 valence electrons. The number of nitrogens with zero attached hydrogens (tertiary/aromatic N) is 1. The fraction of sp³-hybridized carbons (Fsp3) is 0.458. The van der Waals surface area contributed by atoms with Gasteiger partial charge in [-0.15, -0.1) is 0 Å². The molecular formula is C24H31N3O3. The van der Waals surface area contributed by atoms with Gasteiger partial charge in [0.1, 0.15) is 23.9 Å². The first kappa shape index (κ1) is 20.4. The summed E-state index contributed by atoms with van der Waals surface area (Å²) in [5.74, 6) is 2.33. The lowest BCUT2D eigenvalue weighted by molar-refractivity contribution is 0.197. The molecule has 0 unspecified atom stereocenters. The average Bonchev–Trinajstić information content (AvgIpc) is 3.23. The van der Waals surface area contributed by atoms with E-state index in [1.54, 1.807) is 0 Å². The summed E-state index contributed by atoms with van der Waals surface area (Å²) in [4.78, 5) is 2.40. The fourth-order valence-electron chi connectivity index (χ4n) is 3.99. The molecule has 0 aromatic heterocycles. The molecule has 1 saturated heterocycles. The summed E-state index contributed by atoms with van der Waals surface area (Å²) in [6, 6.07) is 12.0. The van der Waals surface area contributed by atoms with Crippen LogP contribution in [-0.2, 0) is 4.74 Å². The lowest BCUT2D eigenvalue weighted by Crippen LogP contribution is -2.23. The van der Waals surface area contributed by atoms with Crippen molar-refractivity contribution in [1.29, 1.82) is 5.41 Å². The Labute approximate surface area is 178 Å². The minimum absolute atomic E-state index is 0.0702. The maximum absolute atomic E-state index is 7.53. The number of anilines is 1. The molecule has 0 spiro atoms. The molecule has 3 N–H and O–H groups in total. The summed E-state index contributed by atoms with van der Waals surface area (Å²) < 4.78 is 17.7. The molecular weight excluding hydrogens is 378 g/mol. The van der Waals surface area contributed by atoms with Gasteiger partial charge in [0.15, 0.2) is 0 Å². The van der Waals surface area contributed by atoms with E-state index in [0.29, 0.717) is 6.61 Å². The number of rotatable bonds is 5. The van der Waals surface area contributed by atoms with Crippen LogP contribution in [0.4, 0.5) is 5.69 Å². The average molecular weight is 410 g/mol. The van der Waals surface area contributed by atoms with Gasteiger partial charge in [0.05, 0.1) is 12.5 Å². The molecule has 1 atom stereocenters. The van der Waals surface area contributed by atoms with Gasteiger partial charge >= 0.3 is 0 Å². The molecule has 0 bridgehead atoms. The monoisotopic (exact) mass is 409 g/mol. The summed E-state index contributed by atoms with van der Waals surface area (Å²) in [5, 5.41) is 7.53. The van der Waals surface area contributed by atoms with Crippen LogP contribution >= 0.6 is 0 Å². The van der Waals surface area contributed by atoms with E-state index < -0.39 is 0 Å². The molecule has 2 aliphatic heterocycles. The van der Waals surface area contributed by atoms with Gasteiger partial charge in [-0.2, -0.15) is 0 Å². The molecule has 4 rings (SSSR count). The van der Waals surface area contributed by atoms with E-state index in [1.165, 1.54) is 18.5 Å². The van der Waals surface area contributed by atoms with Crippen LogP contribution in [0.5, 0.6) is 17.2 Å². The number of benzene rings is 2. The number of nitrogens with one attached hydrogen (secondary N) is 1. The van der Waals surface area contributed by atoms with Crippen molar-refractivity contribution in [2.45, 2.75) is 39.5 Å². The standard InChI is InChI=1S/C24H31N3O3/c1-24(2,3)15-29-17-7-9-22-19(13-17)20(14-28-23(25)26)18-12-16(6-8-21(18)30-22)27-10-4-5-11-27/h6-9,12-13,20H,4-5,10-11,14-15H2,1-3H3,(H3,25,26)/t20-/m1/s1. The second-order valence-electron chi connectivity index (χ2n) is 9.30. The van der Waals surface area contributed by atoms with E-state index in [0.717, 1.165) is 41.5 Å². The lowest BCUT2D eigenvalue weighted by Gasteiger charge is -2.30. The highest BCUT2D eigenvalue weighted by molar-refractivity contribution is 5.68. The summed E-state index contributed by atoms with van der Waals surface area (Å²) in [6.45, 7) is 9.50. The number of ether oxygens (including phenoxy) is 3. The second kappa shape index (κ2) is 8.09. The van der Waals surface area contributed by atoms with E-state index >= 15 is 0 Å². The largest absolute Gasteiger partial charge is 0.493 e. The van der Waals surface area contributed by atoms with Crippen LogP contribution in [0.15, 0.2) is 36.4 Å². The minimum atomic E-state index is -0.277. The van der Waals surface area contributed by atoms with Gasteiger partial charge in [0.2, 0.25) is 0 Å². The first-order chi connectivity index (χ1) is 14.3. The van der Waals surface area contributed by atoms with Crippen LogP contribution in [0.1, 0.15) is 50.7 Å². The maximum atomic E-state index is 7.53. The van der Waals surface area contributed by atoms with Gasteiger partial charge in [-0.3, -0.25) is 5.41 Å². The third kappa shape index (κ3) is 4.48. The van der Waals surface area contributed by atoms with Crippen molar-refractivity contribution in [3.05, 3.63) is 47.5 Å². The molecule has 0 aliphatic carbocycles. The first-order valence-corrected chi connectivity index (χ1v) is 10.6. The van der Waals surface area contributed by atoms with E-state index in [4.69, 9.17) is 25.4 Å². The zero-order valence-electron chi connectivity index (χ0n) is 18.0. The normalized spacial score (nSPS) is 17.7. The smallest absolute Gasteiger partial charge is 0.279 e. The van der Waals surface area contributed by atoms with Crippen molar-refractivity contribution in [1.82, 2.24) is 0 Å². The van der Waals surface area contributed by atoms with Crippen LogP contribution in [0.2, 0.25) is 0 Å². The SMILES string of the molecule is CC(C)(C)COc1ccc2c(c1)[C@H](COC(=N)N)c1cc(N3CCCC3)ccc1O2. The zero-order valence-corrected chi connectivity index (χ0v) is 18.0. The summed E-state index contributed by atoms with van der Waals surface area (Å²) in [5.41, 5.74) is 8.82. The third-order valence-electron chi connectivity index (χ3n) is 5.49. The Kier molecular flexibility index (Phi) is 5.50. The number of fused-ring (bicyclic) bond motifs is 2. The van der Waals surface area contributed by atoms with Crippen LogP contribution in [0.3, 0.4) is 0 Å². The molecule has 6 heteroatoms. The Bertz CT molecular complexity index is 930. The molecule has 30 heavy (non-hydrogen) atoms. The highest BCUT2D eigenvalue weighted by Gasteiger charge is 2.30. The van der Waals surface area contributed by atoms with Gasteiger partial charge < -0.3 is 24.8 Å². The Morgan fingerprint density at radius 3 is 2.43 bits per heavy atom. The van der Waals surface area contributed by atoms with E-state index in [2.05, 4.69) is 37.8 Å². The lowest BCUT2D eigenvalue weighted by atomic mass is 9.88. The van der Waals surface area contributed by atoms with Gasteiger partial charge in [-0.25, -0.2) is 0 Å². The molecule has 2 aromatic rings. The zero-order chi connectivity index (χ0) is 21.3. The van der Waals surface area contributed by atoms with Gasteiger partial charge in [-0.1, -0.05) is 20.8 Å². The molecule has 2 aromatic carbocycles. The Hall–Kier alpha value is -2.89. The number of hydrogen-bond donors (Lipinski definition) is 2. The molecule has 0 radical (unpaired) electrons. The molecule has 0 amide bonds. The van der Waals surface area contributed by atoms with Crippen molar-refractivity contribution in [3.8, 4) is 17.2 Å². The fourth-order valence-corrected chi connectivity index (χ4v) is 3.99. The van der Waals surface area contributed by atoms with Crippen molar-refractivity contribution in [2.75, 3.05) is 31.2 Å². The van der Waals surface area contributed by atoms with Gasteiger partial charge in [0, 0.05) is 29.9 Å². The van der Waals surface area contributed by atoms with Crippen molar-refractivity contribution in [2.24, 2.45) is 11.1 Å². The Balaban J connectivity index is 1.68.